The molecule has 5 nitrogen and oxygen atoms in total. The molecule has 106 valence electrons. The summed E-state index contributed by atoms with van der Waals surface area (Å²) in [6.45, 7) is 4.22. The van der Waals surface area contributed by atoms with Crippen molar-refractivity contribution < 1.29 is 14.0 Å². The van der Waals surface area contributed by atoms with Gasteiger partial charge in [-0.25, -0.2) is 0 Å². The largest absolute Gasteiger partial charge is 0.451 e. The second-order valence-corrected chi connectivity index (χ2v) is 4.63. The van der Waals surface area contributed by atoms with E-state index in [0.717, 1.165) is 11.8 Å². The smallest absolute Gasteiger partial charge is 0.287 e. The van der Waals surface area contributed by atoms with Gasteiger partial charge in [0.2, 0.25) is 5.91 Å². The molecule has 2 rings (SSSR count). The third-order valence-electron chi connectivity index (χ3n) is 2.94. The Morgan fingerprint density at radius 2 is 2.05 bits per heavy atom. The summed E-state index contributed by atoms with van der Waals surface area (Å²) in [6.07, 6.45) is 0.857. The fourth-order valence-corrected chi connectivity index (χ4v) is 1.83. The molecule has 0 saturated carbocycles. The molecular weight excluding hydrogens is 256 g/mol. The van der Waals surface area contributed by atoms with Gasteiger partial charge in [-0.2, -0.15) is 0 Å². The van der Waals surface area contributed by atoms with E-state index in [4.69, 9.17) is 4.42 Å². The highest BCUT2D eigenvalue weighted by atomic mass is 16.3. The van der Waals surface area contributed by atoms with Gasteiger partial charge in [-0.05, 0) is 25.5 Å². The van der Waals surface area contributed by atoms with Crippen LogP contribution in [0.2, 0.25) is 0 Å². The molecule has 0 bridgehead atoms. The molecule has 5 heteroatoms. The van der Waals surface area contributed by atoms with Crippen molar-refractivity contribution in [1.29, 1.82) is 0 Å². The zero-order valence-corrected chi connectivity index (χ0v) is 11.6. The van der Waals surface area contributed by atoms with Crippen LogP contribution in [0.1, 0.15) is 30.8 Å². The first kappa shape index (κ1) is 14.1. The minimum absolute atomic E-state index is 0.198. The number of para-hydroxylation sites is 1. The number of rotatable bonds is 5. The average Bonchev–Trinajstić information content (AvgIpc) is 2.88. The van der Waals surface area contributed by atoms with Gasteiger partial charge >= 0.3 is 0 Å². The van der Waals surface area contributed by atoms with Crippen LogP contribution in [0, 0.1) is 0 Å². The number of fused-ring (bicyclic) bond motifs is 1. The van der Waals surface area contributed by atoms with E-state index in [-0.39, 0.29) is 17.6 Å². The number of nitrogens with one attached hydrogen (secondary N) is 2. The van der Waals surface area contributed by atoms with E-state index in [1.54, 1.807) is 19.1 Å². The number of carbonyl (C=O) groups excluding carboxylic acids is 2. The molecule has 0 aliphatic rings. The summed E-state index contributed by atoms with van der Waals surface area (Å²) in [6, 6.07) is 8.45. The molecular formula is C15H18N2O3. The molecule has 0 spiro atoms. The summed E-state index contributed by atoms with van der Waals surface area (Å²) in [5.41, 5.74) is 0.653. The summed E-state index contributed by atoms with van der Waals surface area (Å²) < 4.78 is 5.45. The summed E-state index contributed by atoms with van der Waals surface area (Å²) in [5.74, 6) is -0.377. The molecule has 2 aromatic rings. The topological polar surface area (TPSA) is 71.3 Å². The van der Waals surface area contributed by atoms with E-state index >= 15 is 0 Å². The average molecular weight is 274 g/mol. The molecule has 0 aliphatic carbocycles. The van der Waals surface area contributed by atoms with E-state index in [1.807, 2.05) is 25.1 Å². The molecule has 0 unspecified atom stereocenters. The van der Waals surface area contributed by atoms with Crippen molar-refractivity contribution in [3.63, 3.8) is 0 Å². The van der Waals surface area contributed by atoms with Crippen LogP contribution in [0.25, 0.3) is 11.0 Å². The van der Waals surface area contributed by atoms with Crippen LogP contribution in [0.5, 0.6) is 0 Å². The Balaban J connectivity index is 2.02. The lowest BCUT2D eigenvalue weighted by atomic mass is 10.2. The molecule has 0 fully saturated rings. The Kier molecular flexibility index (Phi) is 4.40. The van der Waals surface area contributed by atoms with Gasteiger partial charge in [0.1, 0.15) is 11.6 Å². The fourth-order valence-electron chi connectivity index (χ4n) is 1.83. The Labute approximate surface area is 117 Å². The zero-order chi connectivity index (χ0) is 14.5. The first-order chi connectivity index (χ1) is 9.61. The fraction of sp³-hybridized carbons (Fsp3) is 0.333. The predicted octanol–water partition coefficient (Wildman–Crippen LogP) is 2.08. The SMILES string of the molecule is CCCNC(=O)[C@@H](C)NC(=O)c1cc2ccccc2o1. The molecule has 2 amide bonds. The number of benzene rings is 1. The second-order valence-electron chi connectivity index (χ2n) is 4.63. The van der Waals surface area contributed by atoms with E-state index in [9.17, 15) is 9.59 Å². The van der Waals surface area contributed by atoms with Crippen molar-refractivity contribution in [1.82, 2.24) is 10.6 Å². The molecule has 0 aliphatic heterocycles. The molecule has 1 atom stereocenters. The summed E-state index contributed by atoms with van der Waals surface area (Å²) in [4.78, 5) is 23.7. The number of furan rings is 1. The Bertz CT molecular complexity index is 585. The molecule has 20 heavy (non-hydrogen) atoms. The van der Waals surface area contributed by atoms with Crippen LogP contribution in [0.4, 0.5) is 0 Å². The number of hydrogen-bond acceptors (Lipinski definition) is 3. The van der Waals surface area contributed by atoms with Crippen LogP contribution in [-0.2, 0) is 4.79 Å². The van der Waals surface area contributed by atoms with Crippen molar-refractivity contribution in [2.45, 2.75) is 26.3 Å². The highest BCUT2D eigenvalue weighted by molar-refractivity contribution is 5.98. The third-order valence-corrected chi connectivity index (χ3v) is 2.94. The zero-order valence-electron chi connectivity index (χ0n) is 11.6. The standard InChI is InChI=1S/C15H18N2O3/c1-3-8-16-14(18)10(2)17-15(19)13-9-11-6-4-5-7-12(11)20-13/h4-7,9-10H,3,8H2,1-2H3,(H,16,18)(H,17,19)/t10-/m1/s1. The molecule has 0 radical (unpaired) electrons. The van der Waals surface area contributed by atoms with Gasteiger partial charge in [0, 0.05) is 11.9 Å². The van der Waals surface area contributed by atoms with Gasteiger partial charge in [-0.3, -0.25) is 9.59 Å². The van der Waals surface area contributed by atoms with Crippen LogP contribution in [0.15, 0.2) is 34.7 Å². The normalized spacial score (nSPS) is 12.1. The van der Waals surface area contributed by atoms with Crippen LogP contribution in [0.3, 0.4) is 0 Å². The number of carbonyl (C=O) groups is 2. The Morgan fingerprint density at radius 3 is 2.75 bits per heavy atom. The lowest BCUT2D eigenvalue weighted by molar-refractivity contribution is -0.122. The van der Waals surface area contributed by atoms with Gasteiger partial charge < -0.3 is 15.1 Å². The van der Waals surface area contributed by atoms with E-state index < -0.39 is 6.04 Å². The van der Waals surface area contributed by atoms with Crippen molar-refractivity contribution >= 4 is 22.8 Å². The lowest BCUT2D eigenvalue weighted by Crippen LogP contribution is -2.44. The summed E-state index contributed by atoms with van der Waals surface area (Å²) in [5, 5.41) is 6.21. The quantitative estimate of drug-likeness (QED) is 0.876. The predicted molar refractivity (Wildman–Crippen MR) is 76.4 cm³/mol. The molecule has 1 aromatic carbocycles. The van der Waals surface area contributed by atoms with Gasteiger partial charge in [-0.1, -0.05) is 25.1 Å². The Morgan fingerprint density at radius 1 is 1.30 bits per heavy atom. The van der Waals surface area contributed by atoms with Gasteiger partial charge in [0.15, 0.2) is 5.76 Å². The van der Waals surface area contributed by atoms with Crippen molar-refractivity contribution in [3.8, 4) is 0 Å². The molecule has 0 saturated heterocycles. The Hall–Kier alpha value is -2.30. The highest BCUT2D eigenvalue weighted by Crippen LogP contribution is 2.18. The van der Waals surface area contributed by atoms with Crippen LogP contribution >= 0.6 is 0 Å². The minimum Gasteiger partial charge on any atom is -0.451 e. The van der Waals surface area contributed by atoms with Crippen LogP contribution < -0.4 is 10.6 Å². The minimum atomic E-state index is -0.595. The number of hydrogen-bond donors (Lipinski definition) is 2. The van der Waals surface area contributed by atoms with Crippen molar-refractivity contribution in [2.24, 2.45) is 0 Å². The van der Waals surface area contributed by atoms with Crippen LogP contribution in [-0.4, -0.2) is 24.4 Å². The molecule has 1 heterocycles. The maximum absolute atomic E-state index is 12.0. The van der Waals surface area contributed by atoms with E-state index in [2.05, 4.69) is 10.6 Å². The maximum Gasteiger partial charge on any atom is 0.287 e. The second kappa shape index (κ2) is 6.23. The first-order valence-electron chi connectivity index (χ1n) is 6.69. The lowest BCUT2D eigenvalue weighted by Gasteiger charge is -2.12. The summed E-state index contributed by atoms with van der Waals surface area (Å²) >= 11 is 0. The van der Waals surface area contributed by atoms with Crippen molar-refractivity contribution in [3.05, 3.63) is 36.1 Å². The van der Waals surface area contributed by atoms with Crippen molar-refractivity contribution in [2.75, 3.05) is 6.54 Å². The molecule has 2 N–H and O–H groups in total. The van der Waals surface area contributed by atoms with Gasteiger partial charge in [-0.15, -0.1) is 0 Å². The number of amides is 2. The van der Waals surface area contributed by atoms with E-state index in [0.29, 0.717) is 12.1 Å². The molecule has 1 aromatic heterocycles. The maximum atomic E-state index is 12.0. The van der Waals surface area contributed by atoms with Gasteiger partial charge in [0.25, 0.3) is 5.91 Å². The monoisotopic (exact) mass is 274 g/mol. The summed E-state index contributed by atoms with van der Waals surface area (Å²) in [7, 11) is 0. The van der Waals surface area contributed by atoms with Gasteiger partial charge in [0.05, 0.1) is 0 Å². The highest BCUT2D eigenvalue weighted by Gasteiger charge is 2.18. The van der Waals surface area contributed by atoms with E-state index in [1.165, 1.54) is 0 Å². The first-order valence-corrected chi connectivity index (χ1v) is 6.69. The third kappa shape index (κ3) is 3.17.